The highest BCUT2D eigenvalue weighted by Crippen LogP contribution is 2.43. The molecule has 1 saturated carbocycles. The van der Waals surface area contributed by atoms with Crippen LogP contribution in [0.1, 0.15) is 35.6 Å². The third kappa shape index (κ3) is 6.40. The Bertz CT molecular complexity index is 755. The van der Waals surface area contributed by atoms with E-state index in [0.29, 0.717) is 5.41 Å². The van der Waals surface area contributed by atoms with Crippen LogP contribution in [0.3, 0.4) is 0 Å². The number of aromatic nitrogens is 1. The summed E-state index contributed by atoms with van der Waals surface area (Å²) in [5, 5.41) is 10.2. The zero-order valence-electron chi connectivity index (χ0n) is 16.9. The first-order valence-electron chi connectivity index (χ1n) is 9.59. The molecule has 0 aromatic carbocycles. The highest BCUT2D eigenvalue weighted by molar-refractivity contribution is 14.0. The molecule has 2 aromatic rings. The van der Waals surface area contributed by atoms with Crippen molar-refractivity contribution in [2.24, 2.45) is 10.4 Å². The van der Waals surface area contributed by atoms with Crippen LogP contribution in [0, 0.1) is 12.3 Å². The molecule has 2 heterocycles. The van der Waals surface area contributed by atoms with Crippen molar-refractivity contribution < 1.29 is 4.74 Å². The Morgan fingerprint density at radius 1 is 1.32 bits per heavy atom. The highest BCUT2D eigenvalue weighted by atomic mass is 127. The van der Waals surface area contributed by atoms with Gasteiger partial charge in [-0.2, -0.15) is 0 Å². The molecule has 0 spiro atoms. The second-order valence-corrected chi connectivity index (χ2v) is 9.45. The summed E-state index contributed by atoms with van der Waals surface area (Å²) in [7, 11) is 3.62. The molecule has 3 rings (SSSR count). The maximum atomic E-state index is 5.28. The van der Waals surface area contributed by atoms with Gasteiger partial charge in [0.25, 0.3) is 0 Å². The highest BCUT2D eigenvalue weighted by Gasteiger charge is 2.36. The van der Waals surface area contributed by atoms with Gasteiger partial charge in [-0.25, -0.2) is 4.98 Å². The number of thiazole rings is 1. The SMILES string of the molecule is CN=C(NCCc1ccc(-c2csc(C)n2)s1)NCC1(CCOC)CCC1.I. The number of hydrogen-bond donors (Lipinski definition) is 2. The average Bonchev–Trinajstić information content (AvgIpc) is 3.27. The first-order valence-corrected chi connectivity index (χ1v) is 11.3. The molecule has 1 aliphatic carbocycles. The number of halogens is 1. The van der Waals surface area contributed by atoms with Crippen LogP contribution in [0.5, 0.6) is 0 Å². The lowest BCUT2D eigenvalue weighted by Crippen LogP contribution is -2.47. The predicted octanol–water partition coefficient (Wildman–Crippen LogP) is 4.71. The normalized spacial score (nSPS) is 15.6. The van der Waals surface area contributed by atoms with Gasteiger partial charge < -0.3 is 15.4 Å². The van der Waals surface area contributed by atoms with E-state index >= 15 is 0 Å². The molecule has 1 fully saturated rings. The monoisotopic (exact) mass is 534 g/mol. The number of thiophene rings is 1. The minimum absolute atomic E-state index is 0. The molecule has 0 bridgehead atoms. The molecule has 1 aliphatic rings. The number of methoxy groups -OCH3 is 1. The number of rotatable bonds is 9. The predicted molar refractivity (Wildman–Crippen MR) is 131 cm³/mol. The second-order valence-electron chi connectivity index (χ2n) is 7.22. The molecule has 0 aliphatic heterocycles. The molecule has 2 aromatic heterocycles. The van der Waals surface area contributed by atoms with Crippen LogP contribution >= 0.6 is 46.7 Å². The van der Waals surface area contributed by atoms with Gasteiger partial charge in [0.05, 0.1) is 15.6 Å². The lowest BCUT2D eigenvalue weighted by atomic mass is 9.67. The Hall–Kier alpha value is -0.710. The number of nitrogens with zero attached hydrogens (tertiary/aromatic N) is 2. The minimum Gasteiger partial charge on any atom is -0.385 e. The molecule has 0 saturated heterocycles. The lowest BCUT2D eigenvalue weighted by Gasteiger charge is -2.42. The fourth-order valence-corrected chi connectivity index (χ4v) is 5.09. The zero-order chi connectivity index (χ0) is 19.1. The van der Waals surface area contributed by atoms with Crippen LogP contribution in [-0.2, 0) is 11.2 Å². The van der Waals surface area contributed by atoms with E-state index < -0.39 is 0 Å². The average molecular weight is 535 g/mol. The Kier molecular flexibility index (Phi) is 9.65. The number of nitrogens with one attached hydrogen (secondary N) is 2. The fourth-order valence-electron chi connectivity index (χ4n) is 3.43. The summed E-state index contributed by atoms with van der Waals surface area (Å²) < 4.78 is 5.28. The summed E-state index contributed by atoms with van der Waals surface area (Å²) in [6.07, 6.45) is 6.02. The fraction of sp³-hybridized carbons (Fsp3) is 0.600. The summed E-state index contributed by atoms with van der Waals surface area (Å²) >= 11 is 3.53. The molecule has 8 heteroatoms. The quantitative estimate of drug-likeness (QED) is 0.278. The smallest absolute Gasteiger partial charge is 0.191 e. The van der Waals surface area contributed by atoms with Crippen molar-refractivity contribution in [3.05, 3.63) is 27.4 Å². The summed E-state index contributed by atoms with van der Waals surface area (Å²) in [5.41, 5.74) is 1.49. The van der Waals surface area contributed by atoms with E-state index in [1.165, 1.54) is 29.0 Å². The van der Waals surface area contributed by atoms with Gasteiger partial charge in [0.2, 0.25) is 0 Å². The van der Waals surface area contributed by atoms with E-state index in [-0.39, 0.29) is 24.0 Å². The van der Waals surface area contributed by atoms with E-state index in [1.807, 2.05) is 25.3 Å². The van der Waals surface area contributed by atoms with Gasteiger partial charge in [0, 0.05) is 44.1 Å². The van der Waals surface area contributed by atoms with Crippen molar-refractivity contribution in [3.63, 3.8) is 0 Å². The lowest BCUT2D eigenvalue weighted by molar-refractivity contribution is 0.0732. The summed E-state index contributed by atoms with van der Waals surface area (Å²) in [5.74, 6) is 0.894. The van der Waals surface area contributed by atoms with Gasteiger partial charge in [-0.05, 0) is 50.2 Å². The van der Waals surface area contributed by atoms with Gasteiger partial charge in [-0.15, -0.1) is 46.7 Å². The van der Waals surface area contributed by atoms with Crippen LogP contribution in [-0.4, -0.2) is 44.8 Å². The van der Waals surface area contributed by atoms with Gasteiger partial charge in [0.15, 0.2) is 5.96 Å². The standard InChI is InChI=1S/C20H30N4OS2.HI/c1-15-24-17(13-26-15)18-6-5-16(27-18)7-11-22-19(21-2)23-14-20(8-4-9-20)10-12-25-3;/h5-6,13H,4,7-12,14H2,1-3H3,(H2,21,22,23);1H. The largest absolute Gasteiger partial charge is 0.385 e. The Balaban J connectivity index is 0.00000280. The molecule has 28 heavy (non-hydrogen) atoms. The molecule has 156 valence electrons. The number of hydrogen-bond acceptors (Lipinski definition) is 5. The molecular weight excluding hydrogens is 503 g/mol. The molecule has 0 unspecified atom stereocenters. The van der Waals surface area contributed by atoms with Crippen molar-refractivity contribution in [2.45, 2.75) is 39.0 Å². The van der Waals surface area contributed by atoms with Crippen LogP contribution in [0.25, 0.3) is 10.6 Å². The van der Waals surface area contributed by atoms with E-state index in [2.05, 4.69) is 38.1 Å². The molecular formula is C20H31IN4OS2. The maximum absolute atomic E-state index is 5.28. The molecule has 0 amide bonds. The number of ether oxygens (including phenoxy) is 1. The zero-order valence-corrected chi connectivity index (χ0v) is 20.9. The van der Waals surface area contributed by atoms with Gasteiger partial charge in [-0.1, -0.05) is 6.42 Å². The van der Waals surface area contributed by atoms with E-state index in [0.717, 1.165) is 49.2 Å². The second kappa shape index (κ2) is 11.5. The van der Waals surface area contributed by atoms with Crippen LogP contribution in [0.4, 0.5) is 0 Å². The molecule has 0 atom stereocenters. The third-order valence-electron chi connectivity index (χ3n) is 5.30. The Morgan fingerprint density at radius 3 is 2.75 bits per heavy atom. The first kappa shape index (κ1) is 23.6. The van der Waals surface area contributed by atoms with Crippen LogP contribution < -0.4 is 10.6 Å². The number of guanidine groups is 1. The Morgan fingerprint density at radius 2 is 2.14 bits per heavy atom. The van der Waals surface area contributed by atoms with E-state index in [9.17, 15) is 0 Å². The van der Waals surface area contributed by atoms with Crippen molar-refractivity contribution in [2.75, 3.05) is 33.9 Å². The summed E-state index contributed by atoms with van der Waals surface area (Å²) in [4.78, 5) is 11.6. The molecule has 2 N–H and O–H groups in total. The topological polar surface area (TPSA) is 58.5 Å². The van der Waals surface area contributed by atoms with Crippen molar-refractivity contribution in [1.82, 2.24) is 15.6 Å². The van der Waals surface area contributed by atoms with Crippen LogP contribution in [0.2, 0.25) is 0 Å². The van der Waals surface area contributed by atoms with Crippen molar-refractivity contribution >= 4 is 52.6 Å². The minimum atomic E-state index is 0. The maximum Gasteiger partial charge on any atom is 0.191 e. The molecule has 5 nitrogen and oxygen atoms in total. The van der Waals surface area contributed by atoms with Crippen LogP contribution in [0.15, 0.2) is 22.5 Å². The number of aliphatic imine (C=N–C) groups is 1. The summed E-state index contributed by atoms with van der Waals surface area (Å²) in [6, 6.07) is 4.39. The van der Waals surface area contributed by atoms with Crippen molar-refractivity contribution in [1.29, 1.82) is 0 Å². The molecule has 0 radical (unpaired) electrons. The first-order chi connectivity index (χ1) is 13.1. The van der Waals surface area contributed by atoms with E-state index in [1.54, 1.807) is 18.4 Å². The van der Waals surface area contributed by atoms with Crippen molar-refractivity contribution in [3.8, 4) is 10.6 Å². The van der Waals surface area contributed by atoms with Gasteiger partial charge >= 0.3 is 0 Å². The Labute approximate surface area is 193 Å². The van der Waals surface area contributed by atoms with E-state index in [4.69, 9.17) is 4.74 Å². The van der Waals surface area contributed by atoms with Gasteiger partial charge in [-0.3, -0.25) is 4.99 Å². The summed E-state index contributed by atoms with van der Waals surface area (Å²) in [6.45, 7) is 4.74. The number of aryl methyl sites for hydroxylation is 1. The third-order valence-corrected chi connectivity index (χ3v) is 7.24. The van der Waals surface area contributed by atoms with Gasteiger partial charge in [0.1, 0.15) is 0 Å².